The molecule has 0 radical (unpaired) electrons. The molecule has 4 aromatic carbocycles. The minimum atomic E-state index is 0.499. The van der Waals surface area contributed by atoms with Crippen LogP contribution < -0.4 is 4.90 Å². The van der Waals surface area contributed by atoms with Crippen molar-refractivity contribution in [3.05, 3.63) is 72.3 Å². The van der Waals surface area contributed by atoms with Crippen LogP contribution >= 0.6 is 0 Å². The maximum absolute atomic E-state index is 9.22. The second-order valence-corrected chi connectivity index (χ2v) is 10.5. The molecule has 0 atom stereocenters. The third-order valence-electron chi connectivity index (χ3n) is 7.89. The first-order chi connectivity index (χ1) is 19.7. The number of nitrogens with one attached hydrogen (secondary N) is 1. The van der Waals surface area contributed by atoms with E-state index in [-0.39, 0.29) is 0 Å². The zero-order chi connectivity index (χ0) is 27.2. The molecule has 0 spiro atoms. The van der Waals surface area contributed by atoms with Crippen molar-refractivity contribution < 1.29 is 8.83 Å². The van der Waals surface area contributed by atoms with Gasteiger partial charge in [0, 0.05) is 57.5 Å². The van der Waals surface area contributed by atoms with E-state index >= 15 is 0 Å². The average molecular weight is 527 g/mol. The number of hydrogen-bond acceptors (Lipinski definition) is 5. The van der Waals surface area contributed by atoms with Gasteiger partial charge in [-0.05, 0) is 55.3 Å². The molecule has 40 heavy (non-hydrogen) atoms. The Morgan fingerprint density at radius 3 is 2.38 bits per heavy atom. The van der Waals surface area contributed by atoms with Crippen molar-refractivity contribution in [2.45, 2.75) is 39.5 Å². The number of para-hydroxylation sites is 1. The molecule has 6 heteroatoms. The lowest BCUT2D eigenvalue weighted by Crippen LogP contribution is -2.25. The normalized spacial score (nSPS) is 11.8. The van der Waals surface area contributed by atoms with E-state index < -0.39 is 0 Å². The van der Waals surface area contributed by atoms with Crippen LogP contribution in [0.15, 0.2) is 75.6 Å². The molecule has 0 bridgehead atoms. The molecule has 7 rings (SSSR count). The topological polar surface area (TPSA) is 82.0 Å². The molecule has 0 aliphatic heterocycles. The first-order valence-corrected chi connectivity index (χ1v) is 14.1. The van der Waals surface area contributed by atoms with E-state index in [4.69, 9.17) is 13.8 Å². The number of aromatic nitrogens is 2. The van der Waals surface area contributed by atoms with Crippen LogP contribution in [0.1, 0.15) is 45.1 Å². The number of H-pyrrole nitrogens is 1. The van der Waals surface area contributed by atoms with Gasteiger partial charge in [0.05, 0.1) is 17.1 Å². The number of nitriles is 1. The Morgan fingerprint density at radius 1 is 0.850 bits per heavy atom. The fourth-order valence-electron chi connectivity index (χ4n) is 5.79. The highest BCUT2D eigenvalue weighted by atomic mass is 16.4. The summed E-state index contributed by atoms with van der Waals surface area (Å²) in [7, 11) is 0. The number of benzene rings is 4. The van der Waals surface area contributed by atoms with Crippen molar-refractivity contribution in [3.63, 3.8) is 0 Å². The van der Waals surface area contributed by atoms with Gasteiger partial charge in [-0.3, -0.25) is 0 Å². The largest absolute Gasteiger partial charge is 0.452 e. The number of anilines is 1. The summed E-state index contributed by atoms with van der Waals surface area (Å²) in [4.78, 5) is 11.0. The summed E-state index contributed by atoms with van der Waals surface area (Å²) in [6, 6.07) is 24.4. The maximum atomic E-state index is 9.22. The first-order valence-electron chi connectivity index (χ1n) is 14.1. The Labute approximate surface area is 231 Å². The second-order valence-electron chi connectivity index (χ2n) is 10.5. The number of rotatable bonds is 8. The van der Waals surface area contributed by atoms with Crippen LogP contribution in [0.3, 0.4) is 0 Å². The van der Waals surface area contributed by atoms with Gasteiger partial charge >= 0.3 is 0 Å². The lowest BCUT2D eigenvalue weighted by atomic mass is 10.0. The fraction of sp³-hybridized carbons (Fsp3) is 0.235. The van der Waals surface area contributed by atoms with Crippen LogP contribution in [0.4, 0.5) is 5.69 Å². The number of hydrogen-bond donors (Lipinski definition) is 1. The molecule has 1 N–H and O–H groups in total. The molecule has 0 amide bonds. The third-order valence-corrected chi connectivity index (χ3v) is 7.89. The highest BCUT2D eigenvalue weighted by Crippen LogP contribution is 2.45. The molecule has 0 saturated carbocycles. The summed E-state index contributed by atoms with van der Waals surface area (Å²) in [5.41, 5.74) is 7.51. The van der Waals surface area contributed by atoms with Crippen molar-refractivity contribution in [2.24, 2.45) is 0 Å². The smallest absolute Gasteiger partial charge is 0.227 e. The van der Waals surface area contributed by atoms with Gasteiger partial charge in [0.25, 0.3) is 0 Å². The van der Waals surface area contributed by atoms with E-state index in [1.165, 1.54) is 18.5 Å². The Balaban J connectivity index is 1.51. The van der Waals surface area contributed by atoms with Crippen molar-refractivity contribution in [3.8, 4) is 17.5 Å². The summed E-state index contributed by atoms with van der Waals surface area (Å²) in [6.07, 6.45) is 4.65. The van der Waals surface area contributed by atoms with Crippen molar-refractivity contribution in [1.29, 1.82) is 5.26 Å². The van der Waals surface area contributed by atoms with E-state index in [1.54, 1.807) is 12.1 Å². The van der Waals surface area contributed by atoms with Gasteiger partial charge in [-0.15, -0.1) is 0 Å². The summed E-state index contributed by atoms with van der Waals surface area (Å²) in [5, 5.41) is 13.6. The summed E-state index contributed by atoms with van der Waals surface area (Å²) >= 11 is 0. The van der Waals surface area contributed by atoms with Crippen molar-refractivity contribution in [2.75, 3.05) is 18.0 Å². The highest BCUT2D eigenvalue weighted by Gasteiger charge is 2.24. The van der Waals surface area contributed by atoms with Crippen molar-refractivity contribution in [1.82, 2.24) is 9.97 Å². The van der Waals surface area contributed by atoms with Crippen LogP contribution in [0.25, 0.3) is 66.3 Å². The van der Waals surface area contributed by atoms with Crippen LogP contribution in [-0.4, -0.2) is 23.1 Å². The molecule has 0 saturated heterocycles. The summed E-state index contributed by atoms with van der Waals surface area (Å²) in [5.74, 6) is 0.499. The quantitative estimate of drug-likeness (QED) is 0.213. The van der Waals surface area contributed by atoms with Gasteiger partial charge in [0.15, 0.2) is 5.58 Å². The van der Waals surface area contributed by atoms with Gasteiger partial charge in [0.1, 0.15) is 11.1 Å². The molecule has 3 aromatic heterocycles. The molecular formula is C34H30N4O2. The fourth-order valence-corrected chi connectivity index (χ4v) is 5.79. The minimum Gasteiger partial charge on any atom is -0.452 e. The Hall–Kier alpha value is -4.76. The number of nitrogens with zero attached hydrogens (tertiary/aromatic N) is 3. The van der Waals surface area contributed by atoms with Gasteiger partial charge < -0.3 is 18.7 Å². The monoisotopic (exact) mass is 526 g/mol. The Kier molecular flexibility index (Phi) is 5.93. The lowest BCUT2D eigenvalue weighted by molar-refractivity contribution is 0.603. The molecule has 198 valence electrons. The van der Waals surface area contributed by atoms with E-state index in [0.717, 1.165) is 75.2 Å². The number of fused-ring (bicyclic) bond motifs is 10. The lowest BCUT2D eigenvalue weighted by Gasteiger charge is -2.24. The molecule has 3 heterocycles. The molecule has 0 fully saturated rings. The van der Waals surface area contributed by atoms with Gasteiger partial charge in [-0.1, -0.05) is 44.9 Å². The molecule has 0 aliphatic rings. The standard InChI is InChI=1S/C34H30N4O2/c1-3-5-17-38(18-6-4-2)23-15-16-25-27(19-23)39-32-29(25)28-24-9-7-8-10-26(24)36-30(28)31-33(32)40-34(37-31)22-13-11-21(20-35)12-14-22/h7-16,19,36H,3-6,17-18H2,1-2H3. The van der Waals surface area contributed by atoms with E-state index in [9.17, 15) is 5.26 Å². The molecule has 7 aromatic rings. The predicted octanol–water partition coefficient (Wildman–Crippen LogP) is 9.31. The molecule has 0 unspecified atom stereocenters. The van der Waals surface area contributed by atoms with Crippen LogP contribution in [0.5, 0.6) is 0 Å². The van der Waals surface area contributed by atoms with Crippen LogP contribution in [0.2, 0.25) is 0 Å². The third kappa shape index (κ3) is 3.81. The Bertz CT molecular complexity index is 2050. The Morgan fingerprint density at radius 2 is 1.62 bits per heavy atom. The van der Waals surface area contributed by atoms with E-state index in [0.29, 0.717) is 22.6 Å². The number of oxazole rings is 1. The average Bonchev–Trinajstić information content (AvgIpc) is 3.70. The molecule has 6 nitrogen and oxygen atoms in total. The highest BCUT2D eigenvalue weighted by molar-refractivity contribution is 6.34. The molecular weight excluding hydrogens is 496 g/mol. The zero-order valence-corrected chi connectivity index (χ0v) is 22.8. The number of unbranched alkanes of at least 4 members (excludes halogenated alkanes) is 2. The van der Waals surface area contributed by atoms with Gasteiger partial charge in [-0.2, -0.15) is 5.26 Å². The summed E-state index contributed by atoms with van der Waals surface area (Å²) in [6.45, 7) is 6.55. The molecule has 0 aliphatic carbocycles. The first kappa shape index (κ1) is 24.3. The second kappa shape index (κ2) is 9.77. The number of furan rings is 1. The van der Waals surface area contributed by atoms with Gasteiger partial charge in [0.2, 0.25) is 11.5 Å². The SMILES string of the molecule is CCCCN(CCCC)c1ccc2c(c1)oc1c3oc(-c4ccc(C#N)cc4)nc3c3[nH]c4ccccc4c3c21. The predicted molar refractivity (Wildman–Crippen MR) is 163 cm³/mol. The minimum absolute atomic E-state index is 0.499. The number of aromatic amines is 1. The summed E-state index contributed by atoms with van der Waals surface area (Å²) < 4.78 is 13.1. The van der Waals surface area contributed by atoms with E-state index in [1.807, 2.05) is 18.2 Å². The van der Waals surface area contributed by atoms with Crippen LogP contribution in [-0.2, 0) is 0 Å². The van der Waals surface area contributed by atoms with Gasteiger partial charge in [-0.25, -0.2) is 4.98 Å². The van der Waals surface area contributed by atoms with Crippen LogP contribution in [0, 0.1) is 11.3 Å². The zero-order valence-electron chi connectivity index (χ0n) is 22.8. The van der Waals surface area contributed by atoms with E-state index in [2.05, 4.69) is 66.2 Å². The van der Waals surface area contributed by atoms with Crippen molar-refractivity contribution >= 4 is 60.5 Å². The maximum Gasteiger partial charge on any atom is 0.227 e.